The van der Waals surface area contributed by atoms with E-state index < -0.39 is 17.6 Å². The van der Waals surface area contributed by atoms with Crippen LogP contribution in [0.4, 0.5) is 18.9 Å². The number of alkyl halides is 3. The van der Waals surface area contributed by atoms with E-state index in [1.165, 1.54) is 12.1 Å². The quantitative estimate of drug-likeness (QED) is 0.318. The van der Waals surface area contributed by atoms with Crippen LogP contribution < -0.4 is 10.1 Å². The number of anilines is 1. The number of hydrogen-bond acceptors (Lipinski definition) is 3. The molecule has 0 heterocycles. The molecule has 1 amide bonds. The number of carbonyl (C=O) groups excluding carboxylic acids is 1. The maximum atomic E-state index is 12.8. The number of nitrogens with one attached hydrogen (secondary N) is 1. The van der Waals surface area contributed by atoms with Crippen LogP contribution in [0.5, 0.6) is 5.75 Å². The highest BCUT2D eigenvalue weighted by Crippen LogP contribution is 2.30. The van der Waals surface area contributed by atoms with Gasteiger partial charge in [0.2, 0.25) is 0 Å². The number of nitriles is 1. The lowest BCUT2D eigenvalue weighted by molar-refractivity contribution is -0.137. The molecule has 0 aliphatic carbocycles. The monoisotopic (exact) mass is 470 g/mol. The summed E-state index contributed by atoms with van der Waals surface area (Å²) in [5.74, 6) is -0.144. The van der Waals surface area contributed by atoms with Crippen molar-refractivity contribution in [2.24, 2.45) is 0 Å². The zero-order valence-electron chi connectivity index (χ0n) is 17.4. The molecule has 0 fully saturated rings. The molecule has 0 saturated heterocycles. The topological polar surface area (TPSA) is 62.1 Å². The van der Waals surface area contributed by atoms with Crippen molar-refractivity contribution in [1.82, 2.24) is 0 Å². The Hall–Kier alpha value is -3.76. The molecule has 0 aromatic heterocycles. The average molecular weight is 471 g/mol. The Morgan fingerprint density at radius 1 is 1.12 bits per heavy atom. The Bertz CT molecular complexity index is 1230. The molecule has 3 aromatic carbocycles. The second kappa shape index (κ2) is 10.2. The van der Waals surface area contributed by atoms with Gasteiger partial charge < -0.3 is 10.1 Å². The third-order valence-electron chi connectivity index (χ3n) is 4.73. The zero-order chi connectivity index (χ0) is 24.0. The van der Waals surface area contributed by atoms with Crippen LogP contribution in [-0.2, 0) is 17.6 Å². The van der Waals surface area contributed by atoms with Gasteiger partial charge in [-0.25, -0.2) is 0 Å². The fourth-order valence-electron chi connectivity index (χ4n) is 2.91. The number of ether oxygens (including phenoxy) is 1. The van der Waals surface area contributed by atoms with Crippen molar-refractivity contribution in [1.29, 1.82) is 5.26 Å². The minimum atomic E-state index is -4.42. The minimum absolute atomic E-state index is 0.0378. The van der Waals surface area contributed by atoms with Crippen molar-refractivity contribution in [3.8, 4) is 11.8 Å². The van der Waals surface area contributed by atoms with Gasteiger partial charge >= 0.3 is 6.18 Å². The molecular formula is C25H18ClF3N2O2. The molecule has 0 spiro atoms. The van der Waals surface area contributed by atoms with Crippen LogP contribution in [0.25, 0.3) is 6.08 Å². The summed E-state index contributed by atoms with van der Waals surface area (Å²) in [4.78, 5) is 12.5. The third-order valence-corrected chi connectivity index (χ3v) is 5.14. The molecule has 0 aliphatic heterocycles. The summed E-state index contributed by atoms with van der Waals surface area (Å²) in [5.41, 5.74) is 1.31. The maximum absolute atomic E-state index is 12.8. The fourth-order valence-corrected chi connectivity index (χ4v) is 3.09. The molecule has 3 rings (SSSR count). The van der Waals surface area contributed by atoms with Crippen molar-refractivity contribution in [3.05, 3.63) is 99.6 Å². The van der Waals surface area contributed by atoms with Gasteiger partial charge in [0, 0.05) is 10.7 Å². The molecule has 168 valence electrons. The molecular weight excluding hydrogens is 453 g/mol. The summed E-state index contributed by atoms with van der Waals surface area (Å²) in [6.45, 7) is 1.72. The van der Waals surface area contributed by atoms with E-state index in [9.17, 15) is 23.2 Å². The molecule has 0 unspecified atom stereocenters. The highest BCUT2D eigenvalue weighted by Gasteiger charge is 2.30. The normalized spacial score (nSPS) is 11.6. The summed E-state index contributed by atoms with van der Waals surface area (Å²) >= 11 is 6.05. The van der Waals surface area contributed by atoms with Gasteiger partial charge in [-0.1, -0.05) is 41.9 Å². The first-order valence-electron chi connectivity index (χ1n) is 9.74. The summed E-state index contributed by atoms with van der Waals surface area (Å²) in [6.07, 6.45) is -2.99. The third kappa shape index (κ3) is 6.37. The summed E-state index contributed by atoms with van der Waals surface area (Å²) in [6, 6.07) is 18.3. The Labute approximate surface area is 193 Å². The van der Waals surface area contributed by atoms with Gasteiger partial charge in [-0.15, -0.1) is 0 Å². The second-order valence-electron chi connectivity index (χ2n) is 7.09. The Balaban J connectivity index is 1.67. The van der Waals surface area contributed by atoms with Crippen LogP contribution in [0.1, 0.15) is 22.3 Å². The molecule has 1 N–H and O–H groups in total. The number of carbonyl (C=O) groups is 1. The van der Waals surface area contributed by atoms with E-state index >= 15 is 0 Å². The van der Waals surface area contributed by atoms with E-state index in [1.54, 1.807) is 55.5 Å². The lowest BCUT2D eigenvalue weighted by Crippen LogP contribution is -2.14. The predicted molar refractivity (Wildman–Crippen MR) is 121 cm³/mol. The predicted octanol–water partition coefficient (Wildman–Crippen LogP) is 6.79. The number of nitrogens with zero attached hydrogens (tertiary/aromatic N) is 1. The first-order chi connectivity index (χ1) is 15.7. The Morgan fingerprint density at radius 2 is 1.82 bits per heavy atom. The highest BCUT2D eigenvalue weighted by molar-refractivity contribution is 6.31. The molecule has 4 nitrogen and oxygen atoms in total. The van der Waals surface area contributed by atoms with Gasteiger partial charge in [-0.2, -0.15) is 18.4 Å². The molecule has 3 aromatic rings. The van der Waals surface area contributed by atoms with E-state index in [0.29, 0.717) is 33.1 Å². The highest BCUT2D eigenvalue weighted by atomic mass is 35.5. The van der Waals surface area contributed by atoms with E-state index in [-0.39, 0.29) is 12.2 Å². The van der Waals surface area contributed by atoms with Gasteiger partial charge in [0.1, 0.15) is 24.0 Å². The smallest absolute Gasteiger partial charge is 0.416 e. The lowest BCUT2D eigenvalue weighted by atomic mass is 10.1. The van der Waals surface area contributed by atoms with Gasteiger partial charge in [-0.05, 0) is 66.1 Å². The molecule has 8 heteroatoms. The van der Waals surface area contributed by atoms with E-state index in [1.807, 2.05) is 6.07 Å². The zero-order valence-corrected chi connectivity index (χ0v) is 18.2. The number of hydrogen-bond donors (Lipinski definition) is 1. The van der Waals surface area contributed by atoms with Crippen LogP contribution >= 0.6 is 11.6 Å². The molecule has 0 radical (unpaired) electrons. The van der Waals surface area contributed by atoms with Crippen molar-refractivity contribution in [2.45, 2.75) is 19.7 Å². The molecule has 33 heavy (non-hydrogen) atoms. The van der Waals surface area contributed by atoms with Crippen LogP contribution in [-0.4, -0.2) is 5.91 Å². The Kier molecular flexibility index (Phi) is 7.41. The van der Waals surface area contributed by atoms with Gasteiger partial charge in [-0.3, -0.25) is 4.79 Å². The molecule has 0 saturated carbocycles. The SMILES string of the molecule is Cc1c(Cl)cccc1NC(=O)C(C#N)=Cc1ccc(OCc2cccc(C(F)(F)F)c2)cc1. The Morgan fingerprint density at radius 3 is 2.48 bits per heavy atom. The van der Waals surface area contributed by atoms with Gasteiger partial charge in [0.15, 0.2) is 0 Å². The van der Waals surface area contributed by atoms with Crippen LogP contribution in [0.15, 0.2) is 72.3 Å². The molecule has 0 aliphatic rings. The largest absolute Gasteiger partial charge is 0.489 e. The van der Waals surface area contributed by atoms with Crippen LogP contribution in [0.3, 0.4) is 0 Å². The fraction of sp³-hybridized carbons (Fsp3) is 0.120. The number of rotatable bonds is 6. The van der Waals surface area contributed by atoms with Gasteiger partial charge in [0.25, 0.3) is 5.91 Å². The molecule has 0 atom stereocenters. The van der Waals surface area contributed by atoms with E-state index in [4.69, 9.17) is 16.3 Å². The maximum Gasteiger partial charge on any atom is 0.416 e. The van der Waals surface area contributed by atoms with Gasteiger partial charge in [0.05, 0.1) is 5.56 Å². The van der Waals surface area contributed by atoms with Crippen molar-refractivity contribution in [3.63, 3.8) is 0 Å². The first kappa shape index (κ1) is 23.9. The summed E-state index contributed by atoms with van der Waals surface area (Å²) in [5, 5.41) is 12.6. The summed E-state index contributed by atoms with van der Waals surface area (Å²) < 4.78 is 44.0. The first-order valence-corrected chi connectivity index (χ1v) is 10.1. The summed E-state index contributed by atoms with van der Waals surface area (Å²) in [7, 11) is 0. The second-order valence-corrected chi connectivity index (χ2v) is 7.50. The number of amides is 1. The van der Waals surface area contributed by atoms with Crippen LogP contribution in [0.2, 0.25) is 5.02 Å². The number of benzene rings is 3. The van der Waals surface area contributed by atoms with E-state index in [0.717, 1.165) is 12.1 Å². The average Bonchev–Trinajstić information content (AvgIpc) is 2.79. The van der Waals surface area contributed by atoms with Crippen molar-refractivity contribution >= 4 is 29.3 Å². The van der Waals surface area contributed by atoms with E-state index in [2.05, 4.69) is 5.32 Å². The van der Waals surface area contributed by atoms with Crippen molar-refractivity contribution in [2.75, 3.05) is 5.32 Å². The lowest BCUT2D eigenvalue weighted by Gasteiger charge is -2.10. The van der Waals surface area contributed by atoms with Crippen LogP contribution in [0, 0.1) is 18.3 Å². The molecule has 0 bridgehead atoms. The van der Waals surface area contributed by atoms with Crippen molar-refractivity contribution < 1.29 is 22.7 Å². The number of halogens is 4. The minimum Gasteiger partial charge on any atom is -0.489 e. The standard InChI is InChI=1S/C25H18ClF3N2O2/c1-16-22(26)6-3-7-23(16)31-24(32)19(14-30)12-17-8-10-21(11-9-17)33-15-18-4-2-5-20(13-18)25(27,28)29/h2-13H,15H2,1H3,(H,31,32).